The van der Waals surface area contributed by atoms with Gasteiger partial charge < -0.3 is 15.4 Å². The highest BCUT2D eigenvalue weighted by Crippen LogP contribution is 1.84. The lowest BCUT2D eigenvalue weighted by molar-refractivity contribution is 0.154. The Kier molecular flexibility index (Phi) is 12.1. The van der Waals surface area contributed by atoms with E-state index in [1.54, 1.807) is 7.05 Å². The molecule has 0 aliphatic carbocycles. The Hall–Kier alpha value is -0.0900. The standard InChI is InChI=1S/C10H23N3O3S.HI/c1-9(2)13-10(11-3)12-5-6-16-7-8-17(4,14)15;/h9H,5-8H2,1-4H3,(H2,11,12,13);1H. The molecule has 0 bridgehead atoms. The van der Waals surface area contributed by atoms with Crippen LogP contribution < -0.4 is 10.6 Å². The summed E-state index contributed by atoms with van der Waals surface area (Å²) in [6.45, 7) is 5.33. The van der Waals surface area contributed by atoms with E-state index < -0.39 is 9.84 Å². The minimum absolute atomic E-state index is 0. The predicted octanol–water partition coefficient (Wildman–Crippen LogP) is 0.239. The lowest BCUT2D eigenvalue weighted by atomic mass is 10.4. The first-order valence-corrected chi connectivity index (χ1v) is 7.64. The van der Waals surface area contributed by atoms with Gasteiger partial charge in [-0.25, -0.2) is 8.42 Å². The maximum atomic E-state index is 10.8. The molecular weight excluding hydrogens is 369 g/mol. The first kappa shape index (κ1) is 20.2. The molecule has 0 aromatic rings. The molecular formula is C10H24IN3O3S. The molecule has 6 nitrogen and oxygen atoms in total. The van der Waals surface area contributed by atoms with Gasteiger partial charge in [0, 0.05) is 25.9 Å². The third-order valence-electron chi connectivity index (χ3n) is 1.79. The first-order valence-electron chi connectivity index (χ1n) is 5.58. The molecule has 0 atom stereocenters. The van der Waals surface area contributed by atoms with Crippen molar-refractivity contribution in [2.45, 2.75) is 19.9 Å². The van der Waals surface area contributed by atoms with Crippen molar-refractivity contribution in [3.05, 3.63) is 0 Å². The number of halogens is 1. The molecule has 0 fully saturated rings. The van der Waals surface area contributed by atoms with Crippen molar-refractivity contribution >= 4 is 39.8 Å². The number of hydrogen-bond acceptors (Lipinski definition) is 4. The van der Waals surface area contributed by atoms with Crippen molar-refractivity contribution in [1.82, 2.24) is 10.6 Å². The molecule has 18 heavy (non-hydrogen) atoms. The second-order valence-electron chi connectivity index (χ2n) is 4.04. The minimum Gasteiger partial charge on any atom is -0.379 e. The van der Waals surface area contributed by atoms with Gasteiger partial charge in [-0.05, 0) is 13.8 Å². The van der Waals surface area contributed by atoms with Gasteiger partial charge in [-0.2, -0.15) is 0 Å². The quantitative estimate of drug-likeness (QED) is 0.280. The fraction of sp³-hybridized carbons (Fsp3) is 0.900. The summed E-state index contributed by atoms with van der Waals surface area (Å²) >= 11 is 0. The first-order chi connectivity index (χ1) is 7.85. The van der Waals surface area contributed by atoms with Crippen LogP contribution in [0.4, 0.5) is 0 Å². The van der Waals surface area contributed by atoms with Crippen LogP contribution in [-0.2, 0) is 14.6 Å². The van der Waals surface area contributed by atoms with E-state index >= 15 is 0 Å². The molecule has 0 rings (SSSR count). The molecule has 0 aromatic carbocycles. The highest BCUT2D eigenvalue weighted by atomic mass is 127. The smallest absolute Gasteiger partial charge is 0.191 e. The summed E-state index contributed by atoms with van der Waals surface area (Å²) in [5.41, 5.74) is 0. The number of nitrogens with one attached hydrogen (secondary N) is 2. The summed E-state index contributed by atoms with van der Waals surface area (Å²) in [6.07, 6.45) is 1.20. The molecule has 0 radical (unpaired) electrons. The van der Waals surface area contributed by atoms with Crippen LogP contribution in [0.15, 0.2) is 4.99 Å². The second-order valence-corrected chi connectivity index (χ2v) is 6.30. The maximum absolute atomic E-state index is 10.8. The lowest BCUT2D eigenvalue weighted by Crippen LogP contribution is -2.42. The number of nitrogens with zero attached hydrogens (tertiary/aromatic N) is 1. The van der Waals surface area contributed by atoms with Crippen molar-refractivity contribution in [2.24, 2.45) is 4.99 Å². The normalized spacial score (nSPS) is 12.2. The Morgan fingerprint density at radius 3 is 2.39 bits per heavy atom. The van der Waals surface area contributed by atoms with Gasteiger partial charge in [-0.15, -0.1) is 24.0 Å². The largest absolute Gasteiger partial charge is 0.379 e. The van der Waals surface area contributed by atoms with Gasteiger partial charge in [0.15, 0.2) is 5.96 Å². The van der Waals surface area contributed by atoms with Gasteiger partial charge in [0.25, 0.3) is 0 Å². The van der Waals surface area contributed by atoms with Crippen LogP contribution in [0.3, 0.4) is 0 Å². The Morgan fingerprint density at radius 2 is 1.94 bits per heavy atom. The van der Waals surface area contributed by atoms with E-state index in [4.69, 9.17) is 4.74 Å². The van der Waals surface area contributed by atoms with Crippen LogP contribution >= 0.6 is 24.0 Å². The van der Waals surface area contributed by atoms with E-state index in [1.807, 2.05) is 13.8 Å². The third-order valence-corrected chi connectivity index (χ3v) is 2.69. The number of sulfone groups is 1. The fourth-order valence-electron chi connectivity index (χ4n) is 1.02. The van der Waals surface area contributed by atoms with Gasteiger partial charge >= 0.3 is 0 Å². The minimum atomic E-state index is -2.93. The van der Waals surface area contributed by atoms with Crippen LogP contribution in [0, 0.1) is 0 Å². The zero-order valence-corrected chi connectivity index (χ0v) is 14.5. The Morgan fingerprint density at radius 1 is 1.33 bits per heavy atom. The second kappa shape index (κ2) is 10.8. The van der Waals surface area contributed by atoms with Gasteiger partial charge in [0.05, 0.1) is 19.0 Å². The van der Waals surface area contributed by atoms with Gasteiger partial charge in [-0.1, -0.05) is 0 Å². The van der Waals surface area contributed by atoms with Crippen LogP contribution in [-0.4, -0.2) is 59.2 Å². The summed E-state index contributed by atoms with van der Waals surface area (Å²) in [4.78, 5) is 4.03. The van der Waals surface area contributed by atoms with Gasteiger partial charge in [0.1, 0.15) is 9.84 Å². The van der Waals surface area contributed by atoms with E-state index in [1.165, 1.54) is 6.26 Å². The SMILES string of the molecule is CN=C(NCCOCCS(C)(=O)=O)NC(C)C.I. The average molecular weight is 393 g/mol. The van der Waals surface area contributed by atoms with E-state index in [9.17, 15) is 8.42 Å². The third kappa shape index (κ3) is 14.0. The van der Waals surface area contributed by atoms with E-state index in [-0.39, 0.29) is 36.3 Å². The molecule has 0 spiro atoms. The molecule has 0 aliphatic rings. The Balaban J connectivity index is 0. The molecule has 110 valence electrons. The van der Waals surface area contributed by atoms with E-state index in [0.717, 1.165) is 0 Å². The van der Waals surface area contributed by atoms with Crippen LogP contribution in [0.2, 0.25) is 0 Å². The van der Waals surface area contributed by atoms with Crippen molar-refractivity contribution in [1.29, 1.82) is 0 Å². The summed E-state index contributed by atoms with van der Waals surface area (Å²) < 4.78 is 26.8. The number of aliphatic imine (C=N–C) groups is 1. The summed E-state index contributed by atoms with van der Waals surface area (Å²) in [7, 11) is -1.23. The molecule has 0 amide bonds. The van der Waals surface area contributed by atoms with E-state index in [0.29, 0.717) is 25.2 Å². The zero-order valence-electron chi connectivity index (χ0n) is 11.4. The molecule has 0 aliphatic heterocycles. The highest BCUT2D eigenvalue weighted by molar-refractivity contribution is 14.0. The van der Waals surface area contributed by atoms with Crippen molar-refractivity contribution in [3.63, 3.8) is 0 Å². The average Bonchev–Trinajstić information content (AvgIpc) is 2.19. The lowest BCUT2D eigenvalue weighted by Gasteiger charge is -2.14. The Labute approximate surface area is 127 Å². The van der Waals surface area contributed by atoms with Gasteiger partial charge in [-0.3, -0.25) is 4.99 Å². The van der Waals surface area contributed by atoms with Crippen molar-refractivity contribution in [3.8, 4) is 0 Å². The van der Waals surface area contributed by atoms with Crippen molar-refractivity contribution in [2.75, 3.05) is 38.8 Å². The van der Waals surface area contributed by atoms with Crippen LogP contribution in [0.25, 0.3) is 0 Å². The summed E-state index contributed by atoms with van der Waals surface area (Å²) in [5.74, 6) is 0.776. The zero-order chi connectivity index (χ0) is 13.3. The maximum Gasteiger partial charge on any atom is 0.191 e. The topological polar surface area (TPSA) is 79.8 Å². The number of rotatable bonds is 7. The Bertz CT molecular complexity index is 331. The molecule has 0 saturated carbocycles. The molecule has 0 heterocycles. The predicted molar refractivity (Wildman–Crippen MR) is 85.6 cm³/mol. The van der Waals surface area contributed by atoms with Crippen LogP contribution in [0.5, 0.6) is 0 Å². The van der Waals surface area contributed by atoms with Gasteiger partial charge in [0.2, 0.25) is 0 Å². The monoisotopic (exact) mass is 393 g/mol. The fourth-order valence-corrected chi connectivity index (χ4v) is 1.44. The molecule has 0 aromatic heterocycles. The van der Waals surface area contributed by atoms with E-state index in [2.05, 4.69) is 15.6 Å². The number of ether oxygens (including phenoxy) is 1. The number of hydrogen-bond donors (Lipinski definition) is 2. The summed E-state index contributed by atoms with van der Waals surface area (Å²) in [5, 5.41) is 6.19. The van der Waals surface area contributed by atoms with Crippen LogP contribution in [0.1, 0.15) is 13.8 Å². The number of guanidine groups is 1. The molecule has 8 heteroatoms. The summed E-state index contributed by atoms with van der Waals surface area (Å²) in [6, 6.07) is 0.312. The molecule has 0 saturated heterocycles. The molecule has 0 unspecified atom stereocenters. The molecule has 2 N–H and O–H groups in total. The highest BCUT2D eigenvalue weighted by Gasteiger charge is 2.02. The van der Waals surface area contributed by atoms with Crippen molar-refractivity contribution < 1.29 is 13.2 Å².